The summed E-state index contributed by atoms with van der Waals surface area (Å²) in [6.07, 6.45) is 1.63. The second kappa shape index (κ2) is 9.33. The predicted octanol–water partition coefficient (Wildman–Crippen LogP) is 3.35. The van der Waals surface area contributed by atoms with Crippen LogP contribution in [0.3, 0.4) is 0 Å². The molecule has 0 N–H and O–H groups in total. The summed E-state index contributed by atoms with van der Waals surface area (Å²) < 4.78 is 5.36. The van der Waals surface area contributed by atoms with Crippen LogP contribution >= 0.6 is 11.8 Å². The fourth-order valence-electron chi connectivity index (χ4n) is 3.39. The van der Waals surface area contributed by atoms with Gasteiger partial charge in [-0.3, -0.25) is 29.4 Å². The molecule has 0 saturated carbocycles. The van der Waals surface area contributed by atoms with Gasteiger partial charge in [0.15, 0.2) is 5.78 Å². The van der Waals surface area contributed by atoms with E-state index in [1.165, 1.54) is 24.3 Å². The monoisotopic (exact) mass is 453 g/mol. The molecule has 164 valence electrons. The third-order valence-electron chi connectivity index (χ3n) is 5.14. The fraction of sp³-hybridized carbons (Fsp3) is 0.227. The molecule has 9 nitrogen and oxygen atoms in total. The van der Waals surface area contributed by atoms with E-state index in [1.807, 2.05) is 24.3 Å². The van der Waals surface area contributed by atoms with Gasteiger partial charge in [0.1, 0.15) is 0 Å². The topological polar surface area (TPSA) is 110 Å². The predicted molar refractivity (Wildman–Crippen MR) is 120 cm³/mol. The number of nitrogens with zero attached hydrogens (tertiary/aromatic N) is 3. The summed E-state index contributed by atoms with van der Waals surface area (Å²) in [5, 5.41) is 10.2. The smallest absolute Gasteiger partial charge is 0.293 e. The Labute approximate surface area is 187 Å². The lowest BCUT2D eigenvalue weighted by molar-refractivity contribution is -0.384. The van der Waals surface area contributed by atoms with Crippen LogP contribution in [0.5, 0.6) is 0 Å². The molecule has 2 aliphatic rings. The lowest BCUT2D eigenvalue weighted by Crippen LogP contribution is -2.36. The number of ketones is 1. The number of amides is 2. The Bertz CT molecular complexity index is 1090. The number of imide groups is 1. The SMILES string of the molecule is O=C(CN1C(=O)S/C(=C/c2ccc(N3CCOCC3)cc2)C1=O)c1ccc([N+](=O)[O-])cc1. The zero-order chi connectivity index (χ0) is 22.7. The number of non-ortho nitro benzene ring substituents is 1. The van der Waals surface area contributed by atoms with Crippen LogP contribution in [0, 0.1) is 10.1 Å². The van der Waals surface area contributed by atoms with Crippen molar-refractivity contribution in [2.75, 3.05) is 37.7 Å². The standard InChI is InChI=1S/C22H19N3O6S/c26-19(16-3-7-18(8-4-16)25(29)30)14-24-21(27)20(32-22(24)28)13-15-1-5-17(6-2-15)23-9-11-31-12-10-23/h1-8,13H,9-12,14H2/b20-13+. The largest absolute Gasteiger partial charge is 0.378 e. The van der Waals surface area contributed by atoms with E-state index in [0.29, 0.717) is 13.2 Å². The highest BCUT2D eigenvalue weighted by Crippen LogP contribution is 2.32. The molecule has 0 aromatic heterocycles. The van der Waals surface area contributed by atoms with Crippen molar-refractivity contribution in [2.45, 2.75) is 0 Å². The number of thioether (sulfide) groups is 1. The van der Waals surface area contributed by atoms with Crippen LogP contribution in [0.4, 0.5) is 16.2 Å². The van der Waals surface area contributed by atoms with Crippen molar-refractivity contribution in [1.82, 2.24) is 4.90 Å². The third-order valence-corrected chi connectivity index (χ3v) is 6.05. The van der Waals surface area contributed by atoms with Gasteiger partial charge in [-0.1, -0.05) is 12.1 Å². The second-order valence-electron chi connectivity index (χ2n) is 7.19. The number of anilines is 1. The van der Waals surface area contributed by atoms with Gasteiger partial charge >= 0.3 is 0 Å². The maximum Gasteiger partial charge on any atom is 0.293 e. The van der Waals surface area contributed by atoms with E-state index in [4.69, 9.17) is 4.74 Å². The van der Waals surface area contributed by atoms with E-state index in [2.05, 4.69) is 4.90 Å². The average molecular weight is 453 g/mol. The van der Waals surface area contributed by atoms with Gasteiger partial charge in [0.2, 0.25) is 0 Å². The zero-order valence-corrected chi connectivity index (χ0v) is 17.7. The van der Waals surface area contributed by atoms with Crippen LogP contribution in [-0.2, 0) is 9.53 Å². The first-order chi connectivity index (χ1) is 15.4. The Balaban J connectivity index is 1.43. The second-order valence-corrected chi connectivity index (χ2v) is 8.18. The highest BCUT2D eigenvalue weighted by molar-refractivity contribution is 8.18. The first kappa shape index (κ1) is 21.7. The molecule has 0 spiro atoms. The van der Waals surface area contributed by atoms with Gasteiger partial charge < -0.3 is 9.64 Å². The Kier molecular flexibility index (Phi) is 6.33. The minimum absolute atomic E-state index is 0.143. The van der Waals surface area contributed by atoms with Crippen LogP contribution in [0.1, 0.15) is 15.9 Å². The number of hydrogen-bond donors (Lipinski definition) is 0. The highest BCUT2D eigenvalue weighted by Gasteiger charge is 2.36. The number of benzene rings is 2. The summed E-state index contributed by atoms with van der Waals surface area (Å²) in [5.41, 5.74) is 1.88. The van der Waals surface area contributed by atoms with Crippen molar-refractivity contribution in [2.24, 2.45) is 0 Å². The normalized spacial score (nSPS) is 17.8. The highest BCUT2D eigenvalue weighted by atomic mass is 32.2. The van der Waals surface area contributed by atoms with Gasteiger partial charge in [0.25, 0.3) is 16.8 Å². The lowest BCUT2D eigenvalue weighted by atomic mass is 10.1. The van der Waals surface area contributed by atoms with Crippen LogP contribution in [-0.4, -0.2) is 59.6 Å². The fourth-order valence-corrected chi connectivity index (χ4v) is 4.23. The van der Waals surface area contributed by atoms with E-state index in [1.54, 1.807) is 6.08 Å². The molecular formula is C22H19N3O6S. The third kappa shape index (κ3) is 4.71. The number of carbonyl (C=O) groups excluding carboxylic acids is 3. The minimum Gasteiger partial charge on any atom is -0.378 e. The number of morpholine rings is 1. The van der Waals surface area contributed by atoms with E-state index in [9.17, 15) is 24.5 Å². The molecule has 0 bridgehead atoms. The van der Waals surface area contributed by atoms with Gasteiger partial charge in [0.05, 0.1) is 29.6 Å². The van der Waals surface area contributed by atoms with Crippen molar-refractivity contribution in [3.63, 3.8) is 0 Å². The lowest BCUT2D eigenvalue weighted by Gasteiger charge is -2.28. The molecule has 2 fully saturated rings. The van der Waals surface area contributed by atoms with Gasteiger partial charge in [-0.05, 0) is 47.7 Å². The van der Waals surface area contributed by atoms with Crippen molar-refractivity contribution < 1.29 is 24.0 Å². The number of nitro benzene ring substituents is 1. The van der Waals surface area contributed by atoms with E-state index in [0.717, 1.165) is 41.0 Å². The number of Topliss-reactive ketones (excluding diaryl/α,β-unsaturated/α-hetero) is 1. The van der Waals surface area contributed by atoms with Gasteiger partial charge in [0, 0.05) is 36.5 Å². The molecule has 0 aliphatic carbocycles. The summed E-state index contributed by atoms with van der Waals surface area (Å²) in [6.45, 7) is 2.60. The summed E-state index contributed by atoms with van der Waals surface area (Å²) in [7, 11) is 0. The number of nitro groups is 1. The average Bonchev–Trinajstić information content (AvgIpc) is 3.07. The van der Waals surface area contributed by atoms with Crippen molar-refractivity contribution in [3.05, 3.63) is 74.7 Å². The Morgan fingerprint density at radius 1 is 1.06 bits per heavy atom. The minimum atomic E-state index is -0.566. The summed E-state index contributed by atoms with van der Waals surface area (Å²) in [6, 6.07) is 12.7. The summed E-state index contributed by atoms with van der Waals surface area (Å²) >= 11 is 0.782. The van der Waals surface area contributed by atoms with Crippen molar-refractivity contribution >= 4 is 46.1 Å². The number of ether oxygens (including phenoxy) is 1. The number of hydrogen-bond acceptors (Lipinski definition) is 8. The molecule has 2 aromatic carbocycles. The Morgan fingerprint density at radius 3 is 2.34 bits per heavy atom. The Hall–Kier alpha value is -3.50. The van der Waals surface area contributed by atoms with Crippen LogP contribution in [0.2, 0.25) is 0 Å². The molecule has 2 aliphatic heterocycles. The van der Waals surface area contributed by atoms with Crippen LogP contribution in [0.15, 0.2) is 53.4 Å². The molecular weight excluding hydrogens is 434 g/mol. The van der Waals surface area contributed by atoms with E-state index < -0.39 is 28.4 Å². The molecule has 4 rings (SSSR count). The van der Waals surface area contributed by atoms with Gasteiger partial charge in [-0.2, -0.15) is 0 Å². The molecule has 2 saturated heterocycles. The molecule has 10 heteroatoms. The molecule has 0 atom stereocenters. The van der Waals surface area contributed by atoms with Crippen LogP contribution < -0.4 is 4.90 Å². The molecule has 32 heavy (non-hydrogen) atoms. The molecule has 0 unspecified atom stereocenters. The first-order valence-corrected chi connectivity index (χ1v) is 10.7. The summed E-state index contributed by atoms with van der Waals surface area (Å²) in [4.78, 5) is 51.0. The Morgan fingerprint density at radius 2 is 1.72 bits per heavy atom. The van der Waals surface area contributed by atoms with E-state index in [-0.39, 0.29) is 16.2 Å². The number of carbonyl (C=O) groups is 3. The summed E-state index contributed by atoms with van der Waals surface area (Å²) in [5.74, 6) is -1.01. The quantitative estimate of drug-likeness (QED) is 0.283. The van der Waals surface area contributed by atoms with Gasteiger partial charge in [-0.15, -0.1) is 0 Å². The van der Waals surface area contributed by atoms with Crippen molar-refractivity contribution in [1.29, 1.82) is 0 Å². The van der Waals surface area contributed by atoms with E-state index >= 15 is 0 Å². The molecule has 2 amide bonds. The van der Waals surface area contributed by atoms with Gasteiger partial charge in [-0.25, -0.2) is 0 Å². The van der Waals surface area contributed by atoms with Crippen LogP contribution in [0.25, 0.3) is 6.08 Å². The first-order valence-electron chi connectivity index (χ1n) is 9.88. The maximum atomic E-state index is 12.7. The number of rotatable bonds is 6. The molecule has 2 aromatic rings. The van der Waals surface area contributed by atoms with Crippen molar-refractivity contribution in [3.8, 4) is 0 Å². The zero-order valence-electron chi connectivity index (χ0n) is 16.9. The maximum absolute atomic E-state index is 12.7. The molecule has 0 radical (unpaired) electrons. The molecule has 2 heterocycles.